The molecule has 4 aromatic rings. The number of nitrogens with zero attached hydrogens (tertiary/aromatic N) is 3. The van der Waals surface area contributed by atoms with E-state index in [0.29, 0.717) is 26.5 Å². The normalized spacial score (nSPS) is 17.5. The Bertz CT molecular complexity index is 1570. The number of Topliss-reactive ketones (excluding diaryl/α,β-unsaturated/α-hetero) is 1. The molecule has 9 heteroatoms. The maximum atomic E-state index is 13.5. The molecule has 1 atom stereocenters. The summed E-state index contributed by atoms with van der Waals surface area (Å²) in [5.74, 6) is -1.25. The fourth-order valence-electron chi connectivity index (χ4n) is 4.33. The third kappa shape index (κ3) is 4.42. The number of aromatic nitrogens is 2. The number of benzene rings is 2. The summed E-state index contributed by atoms with van der Waals surface area (Å²) in [7, 11) is 1.54. The van der Waals surface area contributed by atoms with Crippen LogP contribution in [0.1, 0.15) is 43.5 Å². The van der Waals surface area contributed by atoms with Crippen LogP contribution in [0.3, 0.4) is 0 Å². The van der Waals surface area contributed by atoms with Gasteiger partial charge in [-0.1, -0.05) is 44.2 Å². The number of halogens is 1. The number of ether oxygens (including phenoxy) is 1. The first-order chi connectivity index (χ1) is 17.6. The van der Waals surface area contributed by atoms with Crippen molar-refractivity contribution in [2.24, 2.45) is 0 Å². The zero-order chi connectivity index (χ0) is 26.5. The molecule has 1 amide bonds. The van der Waals surface area contributed by atoms with Gasteiger partial charge in [0.05, 0.1) is 33.4 Å². The summed E-state index contributed by atoms with van der Waals surface area (Å²) < 4.78 is 6.79. The number of rotatable bonds is 4. The van der Waals surface area contributed by atoms with Gasteiger partial charge < -0.3 is 9.84 Å². The lowest BCUT2D eigenvalue weighted by Crippen LogP contribution is -2.29. The van der Waals surface area contributed by atoms with Crippen molar-refractivity contribution < 1.29 is 19.4 Å². The molecule has 1 fully saturated rings. The summed E-state index contributed by atoms with van der Waals surface area (Å²) in [4.78, 5) is 37.1. The van der Waals surface area contributed by atoms with Gasteiger partial charge in [-0.15, -0.1) is 0 Å². The summed E-state index contributed by atoms with van der Waals surface area (Å²) in [6, 6.07) is 13.6. The van der Waals surface area contributed by atoms with E-state index in [0.717, 1.165) is 15.8 Å². The molecule has 1 N–H and O–H groups in total. The summed E-state index contributed by atoms with van der Waals surface area (Å²) >= 11 is 4.76. The molecule has 2 aromatic carbocycles. The number of hydrogen-bond acceptors (Lipinski definition) is 7. The lowest BCUT2D eigenvalue weighted by atomic mass is 9.87. The Kier molecular flexibility index (Phi) is 6.37. The second-order valence-electron chi connectivity index (χ2n) is 9.73. The number of thiazole rings is 1. The van der Waals surface area contributed by atoms with Crippen LogP contribution in [-0.2, 0) is 15.0 Å². The Morgan fingerprint density at radius 2 is 1.92 bits per heavy atom. The third-order valence-electron chi connectivity index (χ3n) is 6.32. The molecule has 0 aliphatic carbocycles. The van der Waals surface area contributed by atoms with E-state index in [1.807, 2.05) is 12.1 Å². The fourth-order valence-corrected chi connectivity index (χ4v) is 5.91. The zero-order valence-electron chi connectivity index (χ0n) is 20.7. The minimum Gasteiger partial charge on any atom is -0.507 e. The molecule has 1 aliphatic heterocycles. The second-order valence-corrected chi connectivity index (χ2v) is 11.6. The number of methoxy groups -OCH3 is 1. The molecule has 0 saturated carbocycles. The van der Waals surface area contributed by atoms with Gasteiger partial charge in [0.2, 0.25) is 0 Å². The van der Waals surface area contributed by atoms with Gasteiger partial charge in [0, 0.05) is 18.0 Å². The van der Waals surface area contributed by atoms with Gasteiger partial charge in [-0.25, -0.2) is 4.98 Å². The Morgan fingerprint density at radius 3 is 2.57 bits per heavy atom. The fraction of sp³-hybridized carbons (Fsp3) is 0.214. The number of anilines is 1. The first-order valence-electron chi connectivity index (χ1n) is 11.6. The number of ketones is 1. The minimum absolute atomic E-state index is 0.0234. The molecule has 0 bridgehead atoms. The van der Waals surface area contributed by atoms with Crippen LogP contribution in [-0.4, -0.2) is 33.9 Å². The summed E-state index contributed by atoms with van der Waals surface area (Å²) in [5.41, 5.74) is 2.77. The number of hydrogen-bond donors (Lipinski definition) is 1. The molecule has 3 heterocycles. The van der Waals surface area contributed by atoms with Crippen LogP contribution < -0.4 is 9.64 Å². The molecular formula is C28H24BrN3O4S. The first-order valence-corrected chi connectivity index (χ1v) is 13.2. The van der Waals surface area contributed by atoms with E-state index in [-0.39, 0.29) is 16.7 Å². The van der Waals surface area contributed by atoms with Crippen LogP contribution in [0.4, 0.5) is 5.13 Å². The molecule has 7 nitrogen and oxygen atoms in total. The van der Waals surface area contributed by atoms with Crippen molar-refractivity contribution in [3.63, 3.8) is 0 Å². The molecule has 1 saturated heterocycles. The summed E-state index contributed by atoms with van der Waals surface area (Å²) in [6.07, 6.45) is 3.20. The summed E-state index contributed by atoms with van der Waals surface area (Å²) in [5, 5.41) is 11.7. The number of fused-ring (bicyclic) bond motifs is 1. The quantitative estimate of drug-likeness (QED) is 0.172. The standard InChI is InChI=1S/C28H24BrN3O4S/c1-28(2,3)17-8-9-19-21(13-17)37-27(31-19)32-23(16-6-5-11-30-14-16)22(25(34)26(32)35)24(33)15-7-10-20(36-4)18(29)12-15/h5-14,23,33H,1-4H3/b24-22+. The van der Waals surface area contributed by atoms with Crippen molar-refractivity contribution >= 4 is 60.1 Å². The van der Waals surface area contributed by atoms with E-state index in [1.54, 1.807) is 42.7 Å². The van der Waals surface area contributed by atoms with E-state index in [4.69, 9.17) is 9.72 Å². The number of aliphatic hydroxyl groups excluding tert-OH is 1. The van der Waals surface area contributed by atoms with Gasteiger partial charge >= 0.3 is 5.91 Å². The Labute approximate surface area is 226 Å². The number of amides is 1. The molecule has 188 valence electrons. The van der Waals surface area contributed by atoms with E-state index in [9.17, 15) is 14.7 Å². The second kappa shape index (κ2) is 9.39. The third-order valence-corrected chi connectivity index (χ3v) is 7.96. The molecule has 0 radical (unpaired) electrons. The average molecular weight is 578 g/mol. The van der Waals surface area contributed by atoms with Gasteiger partial charge in [-0.3, -0.25) is 19.5 Å². The number of aliphatic hydroxyl groups is 1. The maximum absolute atomic E-state index is 13.5. The molecule has 2 aromatic heterocycles. The highest BCUT2D eigenvalue weighted by molar-refractivity contribution is 9.10. The van der Waals surface area contributed by atoms with Gasteiger partial charge in [0.25, 0.3) is 5.78 Å². The molecular weight excluding hydrogens is 554 g/mol. The minimum atomic E-state index is -0.891. The Balaban J connectivity index is 1.69. The molecule has 0 spiro atoms. The van der Waals surface area contributed by atoms with Crippen LogP contribution >= 0.6 is 27.3 Å². The summed E-state index contributed by atoms with van der Waals surface area (Å²) in [6.45, 7) is 6.40. The predicted octanol–water partition coefficient (Wildman–Crippen LogP) is 6.39. The largest absolute Gasteiger partial charge is 0.507 e. The van der Waals surface area contributed by atoms with Crippen molar-refractivity contribution in [1.29, 1.82) is 0 Å². The van der Waals surface area contributed by atoms with E-state index >= 15 is 0 Å². The van der Waals surface area contributed by atoms with Crippen molar-refractivity contribution in [2.75, 3.05) is 12.0 Å². The van der Waals surface area contributed by atoms with E-state index in [1.165, 1.54) is 23.3 Å². The monoisotopic (exact) mass is 577 g/mol. The smallest absolute Gasteiger partial charge is 0.301 e. The molecule has 37 heavy (non-hydrogen) atoms. The highest BCUT2D eigenvalue weighted by Gasteiger charge is 2.48. The van der Waals surface area contributed by atoms with Crippen molar-refractivity contribution in [1.82, 2.24) is 9.97 Å². The lowest BCUT2D eigenvalue weighted by Gasteiger charge is -2.22. The van der Waals surface area contributed by atoms with E-state index in [2.05, 4.69) is 47.8 Å². The van der Waals surface area contributed by atoms with Crippen LogP contribution in [0, 0.1) is 0 Å². The Hall–Kier alpha value is -3.56. The topological polar surface area (TPSA) is 92.6 Å². The number of pyridine rings is 1. The van der Waals surface area contributed by atoms with Crippen molar-refractivity contribution in [2.45, 2.75) is 32.2 Å². The SMILES string of the molecule is COc1ccc(/C(O)=C2\C(=O)C(=O)N(c3nc4ccc(C(C)(C)C)cc4s3)C2c2cccnc2)cc1Br. The highest BCUT2D eigenvalue weighted by atomic mass is 79.9. The highest BCUT2D eigenvalue weighted by Crippen LogP contribution is 2.45. The molecule has 1 aliphatic rings. The molecule has 1 unspecified atom stereocenters. The average Bonchev–Trinajstić information content (AvgIpc) is 3.41. The maximum Gasteiger partial charge on any atom is 0.301 e. The van der Waals surface area contributed by atoms with Crippen LogP contribution in [0.2, 0.25) is 0 Å². The van der Waals surface area contributed by atoms with Crippen LogP contribution in [0.5, 0.6) is 5.75 Å². The van der Waals surface area contributed by atoms with Crippen LogP contribution in [0.15, 0.2) is 71.0 Å². The van der Waals surface area contributed by atoms with Crippen molar-refractivity contribution in [3.05, 3.63) is 87.7 Å². The lowest BCUT2D eigenvalue weighted by molar-refractivity contribution is -0.132. The van der Waals surface area contributed by atoms with Gasteiger partial charge in [-0.05, 0) is 68.9 Å². The zero-order valence-corrected chi connectivity index (χ0v) is 23.1. The van der Waals surface area contributed by atoms with Gasteiger partial charge in [-0.2, -0.15) is 0 Å². The number of carbonyl (C=O) groups excluding carboxylic acids is 2. The van der Waals surface area contributed by atoms with Gasteiger partial charge in [0.1, 0.15) is 11.5 Å². The molecule has 5 rings (SSSR count). The van der Waals surface area contributed by atoms with E-state index < -0.39 is 17.7 Å². The van der Waals surface area contributed by atoms with Crippen LogP contribution in [0.25, 0.3) is 16.0 Å². The predicted molar refractivity (Wildman–Crippen MR) is 148 cm³/mol. The van der Waals surface area contributed by atoms with Gasteiger partial charge in [0.15, 0.2) is 5.13 Å². The Morgan fingerprint density at radius 1 is 1.14 bits per heavy atom. The van der Waals surface area contributed by atoms with Crippen molar-refractivity contribution in [3.8, 4) is 5.75 Å². The number of carbonyl (C=O) groups is 2. The first kappa shape index (κ1) is 25.1.